The maximum Gasteiger partial charge on any atom is 0.126 e. The highest BCUT2D eigenvalue weighted by atomic mass is 79.9. The molecule has 0 saturated heterocycles. The number of aryl methyl sites for hydroxylation is 1. The predicted octanol–water partition coefficient (Wildman–Crippen LogP) is 3.55. The molecule has 0 heterocycles. The normalized spacial score (nSPS) is 10.2. The third kappa shape index (κ3) is 3.29. The van der Waals surface area contributed by atoms with Gasteiger partial charge < -0.3 is 4.74 Å². The van der Waals surface area contributed by atoms with Crippen molar-refractivity contribution >= 4 is 15.9 Å². The Morgan fingerprint density at radius 1 is 1.43 bits per heavy atom. The van der Waals surface area contributed by atoms with Gasteiger partial charge in [0.05, 0.1) is 6.61 Å². The molecule has 3 heteroatoms. The first-order valence-corrected chi connectivity index (χ1v) is 5.87. The first kappa shape index (κ1) is 11.5. The van der Waals surface area contributed by atoms with Crippen molar-refractivity contribution in [3.8, 4) is 5.75 Å². The second-order valence-corrected chi connectivity index (χ2v) is 3.77. The summed E-state index contributed by atoms with van der Waals surface area (Å²) in [5.74, 6) is 0.435. The van der Waals surface area contributed by atoms with E-state index in [0.29, 0.717) is 12.4 Å². The van der Waals surface area contributed by atoms with Gasteiger partial charge in [0.2, 0.25) is 0 Å². The molecule has 0 aliphatic heterocycles. The molecule has 0 unspecified atom stereocenters. The van der Waals surface area contributed by atoms with Crippen LogP contribution in [0, 0.1) is 5.82 Å². The Morgan fingerprint density at radius 3 is 2.86 bits per heavy atom. The second-order valence-electron chi connectivity index (χ2n) is 2.98. The van der Waals surface area contributed by atoms with Gasteiger partial charge in [-0.2, -0.15) is 0 Å². The quantitative estimate of drug-likeness (QED) is 0.736. The standard InChI is InChI=1S/C11H14BrFO/c1-2-14-11-8-10(13)6-5-9(11)4-3-7-12/h5-6,8H,2-4,7H2,1H3. The molecule has 0 aromatic heterocycles. The fourth-order valence-corrected chi connectivity index (χ4v) is 1.56. The highest BCUT2D eigenvalue weighted by molar-refractivity contribution is 9.09. The average Bonchev–Trinajstić information content (AvgIpc) is 2.17. The Kier molecular flexibility index (Phi) is 4.94. The van der Waals surface area contributed by atoms with Gasteiger partial charge in [0, 0.05) is 11.4 Å². The summed E-state index contributed by atoms with van der Waals surface area (Å²) in [6.45, 7) is 2.48. The molecule has 0 aliphatic rings. The zero-order valence-electron chi connectivity index (χ0n) is 8.22. The van der Waals surface area contributed by atoms with Gasteiger partial charge in [0.25, 0.3) is 0 Å². The van der Waals surface area contributed by atoms with Gasteiger partial charge in [-0.25, -0.2) is 4.39 Å². The number of ether oxygens (including phenoxy) is 1. The van der Waals surface area contributed by atoms with E-state index in [4.69, 9.17) is 4.74 Å². The van der Waals surface area contributed by atoms with Crippen molar-refractivity contribution in [2.75, 3.05) is 11.9 Å². The molecule has 0 aliphatic carbocycles. The summed E-state index contributed by atoms with van der Waals surface area (Å²) in [7, 11) is 0. The SMILES string of the molecule is CCOc1cc(F)ccc1CCCBr. The smallest absolute Gasteiger partial charge is 0.126 e. The average molecular weight is 261 g/mol. The Labute approximate surface area is 92.4 Å². The molecule has 0 spiro atoms. The van der Waals surface area contributed by atoms with E-state index >= 15 is 0 Å². The van der Waals surface area contributed by atoms with Gasteiger partial charge in [0.15, 0.2) is 0 Å². The van der Waals surface area contributed by atoms with Crippen molar-refractivity contribution in [3.05, 3.63) is 29.6 Å². The number of hydrogen-bond donors (Lipinski definition) is 0. The molecule has 1 rings (SSSR count). The number of alkyl halides is 1. The van der Waals surface area contributed by atoms with Gasteiger partial charge in [0.1, 0.15) is 11.6 Å². The van der Waals surface area contributed by atoms with Gasteiger partial charge in [-0.1, -0.05) is 22.0 Å². The minimum absolute atomic E-state index is 0.240. The topological polar surface area (TPSA) is 9.23 Å². The third-order valence-electron chi connectivity index (χ3n) is 1.91. The third-order valence-corrected chi connectivity index (χ3v) is 2.47. The van der Waals surface area contributed by atoms with Crippen LogP contribution in [0.3, 0.4) is 0 Å². The summed E-state index contributed by atoms with van der Waals surface area (Å²) in [6.07, 6.45) is 1.95. The van der Waals surface area contributed by atoms with Crippen LogP contribution in [0.25, 0.3) is 0 Å². The lowest BCUT2D eigenvalue weighted by molar-refractivity contribution is 0.334. The van der Waals surface area contributed by atoms with Gasteiger partial charge in [-0.15, -0.1) is 0 Å². The Morgan fingerprint density at radius 2 is 2.21 bits per heavy atom. The molecule has 14 heavy (non-hydrogen) atoms. The van der Waals surface area contributed by atoms with Crippen LogP contribution in [0.4, 0.5) is 4.39 Å². The molecule has 0 amide bonds. The number of hydrogen-bond acceptors (Lipinski definition) is 1. The minimum Gasteiger partial charge on any atom is -0.493 e. The van der Waals surface area contributed by atoms with Crippen molar-refractivity contribution < 1.29 is 9.13 Å². The molecule has 0 saturated carbocycles. The van der Waals surface area contributed by atoms with Crippen LogP contribution in [0.1, 0.15) is 18.9 Å². The predicted molar refractivity (Wildman–Crippen MR) is 59.7 cm³/mol. The Balaban J connectivity index is 2.78. The first-order valence-electron chi connectivity index (χ1n) is 4.75. The van der Waals surface area contributed by atoms with E-state index in [1.165, 1.54) is 12.1 Å². The summed E-state index contributed by atoms with van der Waals surface area (Å²) in [4.78, 5) is 0. The molecule has 1 nitrogen and oxygen atoms in total. The van der Waals surface area contributed by atoms with E-state index in [2.05, 4.69) is 15.9 Å². The summed E-state index contributed by atoms with van der Waals surface area (Å²) in [5, 5.41) is 0.954. The van der Waals surface area contributed by atoms with Crippen LogP contribution in [0.15, 0.2) is 18.2 Å². The van der Waals surface area contributed by atoms with E-state index in [0.717, 1.165) is 23.7 Å². The van der Waals surface area contributed by atoms with E-state index in [-0.39, 0.29) is 5.82 Å². The molecule has 0 fully saturated rings. The highest BCUT2D eigenvalue weighted by Gasteiger charge is 2.04. The lowest BCUT2D eigenvalue weighted by atomic mass is 10.1. The second kappa shape index (κ2) is 6.02. The van der Waals surface area contributed by atoms with Crippen molar-refractivity contribution in [1.29, 1.82) is 0 Å². The van der Waals surface area contributed by atoms with Crippen molar-refractivity contribution in [1.82, 2.24) is 0 Å². The molecule has 78 valence electrons. The fraction of sp³-hybridized carbons (Fsp3) is 0.455. The van der Waals surface area contributed by atoms with Gasteiger partial charge >= 0.3 is 0 Å². The number of rotatable bonds is 5. The van der Waals surface area contributed by atoms with Crippen LogP contribution >= 0.6 is 15.9 Å². The zero-order valence-corrected chi connectivity index (χ0v) is 9.81. The molecule has 1 aromatic rings. The van der Waals surface area contributed by atoms with E-state index < -0.39 is 0 Å². The molecule has 0 N–H and O–H groups in total. The summed E-state index contributed by atoms with van der Waals surface area (Å²) in [6, 6.07) is 4.72. The van der Waals surface area contributed by atoms with Crippen LogP contribution in [0.2, 0.25) is 0 Å². The molecule has 0 bridgehead atoms. The van der Waals surface area contributed by atoms with Crippen LogP contribution < -0.4 is 4.74 Å². The van der Waals surface area contributed by atoms with E-state index in [1.54, 1.807) is 6.07 Å². The molecule has 0 radical (unpaired) electrons. The zero-order chi connectivity index (χ0) is 10.4. The van der Waals surface area contributed by atoms with Crippen molar-refractivity contribution in [2.45, 2.75) is 19.8 Å². The van der Waals surface area contributed by atoms with Crippen molar-refractivity contribution in [2.24, 2.45) is 0 Å². The van der Waals surface area contributed by atoms with E-state index in [9.17, 15) is 4.39 Å². The van der Waals surface area contributed by atoms with Crippen LogP contribution in [-0.2, 0) is 6.42 Å². The van der Waals surface area contributed by atoms with Crippen LogP contribution in [0.5, 0.6) is 5.75 Å². The summed E-state index contributed by atoms with van der Waals surface area (Å²) >= 11 is 3.37. The molecule has 0 atom stereocenters. The lowest BCUT2D eigenvalue weighted by Crippen LogP contribution is -1.98. The Bertz CT molecular complexity index is 289. The number of benzene rings is 1. The van der Waals surface area contributed by atoms with Crippen LogP contribution in [-0.4, -0.2) is 11.9 Å². The lowest BCUT2D eigenvalue weighted by Gasteiger charge is -2.09. The van der Waals surface area contributed by atoms with Crippen molar-refractivity contribution in [3.63, 3.8) is 0 Å². The monoisotopic (exact) mass is 260 g/mol. The maximum absolute atomic E-state index is 12.9. The summed E-state index contributed by atoms with van der Waals surface area (Å²) < 4.78 is 18.3. The highest BCUT2D eigenvalue weighted by Crippen LogP contribution is 2.21. The molecule has 1 aromatic carbocycles. The first-order chi connectivity index (χ1) is 6.77. The fourth-order valence-electron chi connectivity index (χ4n) is 1.28. The Hall–Kier alpha value is -0.570. The number of halogens is 2. The maximum atomic E-state index is 12.9. The molecular formula is C11H14BrFO. The van der Waals surface area contributed by atoms with E-state index in [1.807, 2.05) is 6.92 Å². The largest absolute Gasteiger partial charge is 0.493 e. The summed E-state index contributed by atoms with van der Waals surface area (Å²) in [5.41, 5.74) is 1.08. The van der Waals surface area contributed by atoms with Gasteiger partial charge in [-0.05, 0) is 31.4 Å². The van der Waals surface area contributed by atoms with Gasteiger partial charge in [-0.3, -0.25) is 0 Å². The molecular weight excluding hydrogens is 247 g/mol. The minimum atomic E-state index is -0.240.